The number of hydrogen-bond acceptors (Lipinski definition) is 3. The van der Waals surface area contributed by atoms with Gasteiger partial charge < -0.3 is 5.11 Å². The van der Waals surface area contributed by atoms with Crippen LogP contribution in [-0.4, -0.2) is 22.8 Å². The van der Waals surface area contributed by atoms with Crippen molar-refractivity contribution in [2.24, 2.45) is 34.0 Å². The quantitative estimate of drug-likeness (QED) is 0.805. The van der Waals surface area contributed by atoms with E-state index in [1.807, 2.05) is 6.08 Å². The molecule has 0 heterocycles. The van der Waals surface area contributed by atoms with E-state index in [2.05, 4.69) is 6.92 Å². The van der Waals surface area contributed by atoms with Crippen molar-refractivity contribution in [1.82, 2.24) is 0 Å². The number of carbonyl (C=O) groups excluding carboxylic acids is 2. The first-order chi connectivity index (χ1) is 12.3. The summed E-state index contributed by atoms with van der Waals surface area (Å²) in [5.74, 6) is 2.50. The lowest BCUT2D eigenvalue weighted by Gasteiger charge is -2.59. The monoisotopic (exact) mass is 356 g/mol. The van der Waals surface area contributed by atoms with E-state index >= 15 is 0 Å². The van der Waals surface area contributed by atoms with Gasteiger partial charge in [-0.05, 0) is 99.4 Å². The van der Waals surface area contributed by atoms with Crippen molar-refractivity contribution in [1.29, 1.82) is 0 Å². The molecule has 5 atom stereocenters. The number of fused-ring (bicyclic) bond motifs is 3. The lowest BCUT2D eigenvalue weighted by Crippen LogP contribution is -2.54. The third-order valence-corrected chi connectivity index (χ3v) is 9.99. The summed E-state index contributed by atoms with van der Waals surface area (Å²) in [6.07, 6.45) is 11.9. The SMILES string of the molecule is C[C@@H](O)C(=O)C12CCC3(CC1)[C@@H]1CCC4=CC(=O)CC[C@@H]4[C@H]1CC[C@]23C. The normalized spacial score (nSPS) is 50.5. The molecule has 0 aromatic heterocycles. The van der Waals surface area contributed by atoms with E-state index in [0.717, 1.165) is 38.5 Å². The fourth-order valence-corrected chi connectivity index (χ4v) is 8.87. The Morgan fingerprint density at radius 2 is 1.85 bits per heavy atom. The van der Waals surface area contributed by atoms with Gasteiger partial charge in [-0.25, -0.2) is 0 Å². The molecule has 5 rings (SSSR count). The van der Waals surface area contributed by atoms with Gasteiger partial charge in [0.2, 0.25) is 0 Å². The first-order valence-electron chi connectivity index (χ1n) is 10.8. The topological polar surface area (TPSA) is 54.4 Å². The van der Waals surface area contributed by atoms with Gasteiger partial charge in [0.15, 0.2) is 11.6 Å². The Labute approximate surface area is 156 Å². The van der Waals surface area contributed by atoms with E-state index < -0.39 is 6.10 Å². The van der Waals surface area contributed by atoms with Crippen LogP contribution in [0.25, 0.3) is 0 Å². The summed E-state index contributed by atoms with van der Waals surface area (Å²) in [6, 6.07) is 0. The van der Waals surface area contributed by atoms with Crippen molar-refractivity contribution in [2.75, 3.05) is 0 Å². The van der Waals surface area contributed by atoms with E-state index in [1.165, 1.54) is 31.3 Å². The first kappa shape index (κ1) is 17.2. The lowest BCUT2D eigenvalue weighted by molar-refractivity contribution is -0.148. The highest BCUT2D eigenvalue weighted by molar-refractivity contribution is 5.91. The highest BCUT2D eigenvalue weighted by Gasteiger charge is 2.75. The number of ketones is 2. The number of Topliss-reactive ketones (excluding diaryl/α,β-unsaturated/α-hetero) is 1. The molecule has 0 radical (unpaired) electrons. The van der Waals surface area contributed by atoms with Gasteiger partial charge >= 0.3 is 0 Å². The summed E-state index contributed by atoms with van der Waals surface area (Å²) in [5.41, 5.74) is 1.53. The van der Waals surface area contributed by atoms with Crippen LogP contribution in [-0.2, 0) is 9.59 Å². The molecule has 1 N–H and O–H groups in total. The van der Waals surface area contributed by atoms with Crippen LogP contribution in [0.2, 0.25) is 0 Å². The van der Waals surface area contributed by atoms with E-state index in [1.54, 1.807) is 6.92 Å². The molecule has 142 valence electrons. The second-order valence-corrected chi connectivity index (χ2v) is 10.3. The number of allylic oxidation sites excluding steroid dienone is 1. The maximum absolute atomic E-state index is 13.1. The highest BCUT2D eigenvalue weighted by atomic mass is 16.3. The molecule has 0 aromatic rings. The third-order valence-electron chi connectivity index (χ3n) is 9.99. The van der Waals surface area contributed by atoms with E-state index in [4.69, 9.17) is 0 Å². The molecule has 2 bridgehead atoms. The van der Waals surface area contributed by atoms with Crippen molar-refractivity contribution < 1.29 is 14.7 Å². The van der Waals surface area contributed by atoms with Crippen molar-refractivity contribution >= 4 is 11.6 Å². The summed E-state index contributed by atoms with van der Waals surface area (Å²) in [6.45, 7) is 4.07. The smallest absolute Gasteiger partial charge is 0.167 e. The number of carbonyl (C=O) groups is 2. The molecule has 5 aliphatic carbocycles. The number of aliphatic hydroxyl groups is 1. The standard InChI is InChI=1S/C23H32O3/c1-14(24)20(26)23-11-9-22(10-12-23)19-6-3-15-13-16(25)4-5-17(15)18(19)7-8-21(22,23)2/h13-14,17-19,24H,3-12H2,1-2H3/t14-,17+,18-,19-,21+,22?,23?/m1/s1. The maximum Gasteiger partial charge on any atom is 0.167 e. The Hall–Kier alpha value is -0.960. The van der Waals surface area contributed by atoms with Crippen LogP contribution in [0.4, 0.5) is 0 Å². The highest BCUT2D eigenvalue weighted by Crippen LogP contribution is 2.81. The van der Waals surface area contributed by atoms with Gasteiger partial charge in [0, 0.05) is 11.8 Å². The lowest BCUT2D eigenvalue weighted by atomic mass is 9.45. The van der Waals surface area contributed by atoms with Crippen molar-refractivity contribution in [3.63, 3.8) is 0 Å². The Balaban J connectivity index is 1.53. The summed E-state index contributed by atoms with van der Waals surface area (Å²) >= 11 is 0. The molecule has 0 amide bonds. The number of aliphatic hydroxyl groups excluding tert-OH is 1. The van der Waals surface area contributed by atoms with E-state index in [0.29, 0.717) is 29.0 Å². The second-order valence-electron chi connectivity index (χ2n) is 10.3. The molecular weight excluding hydrogens is 324 g/mol. The Morgan fingerprint density at radius 1 is 1.12 bits per heavy atom. The summed E-state index contributed by atoms with van der Waals surface area (Å²) in [7, 11) is 0. The van der Waals surface area contributed by atoms with E-state index in [9.17, 15) is 14.7 Å². The van der Waals surface area contributed by atoms with Crippen LogP contribution in [0.5, 0.6) is 0 Å². The predicted molar refractivity (Wildman–Crippen MR) is 99.4 cm³/mol. The molecule has 0 saturated heterocycles. The van der Waals surface area contributed by atoms with Gasteiger partial charge in [0.25, 0.3) is 0 Å². The zero-order chi connectivity index (χ0) is 18.3. The molecule has 5 aliphatic rings. The number of hydrogen-bond donors (Lipinski definition) is 1. The van der Waals surface area contributed by atoms with Crippen LogP contribution in [0.3, 0.4) is 0 Å². The largest absolute Gasteiger partial charge is 0.386 e. The fraction of sp³-hybridized carbons (Fsp3) is 0.826. The van der Waals surface area contributed by atoms with Gasteiger partial charge in [0.05, 0.1) is 0 Å². The van der Waals surface area contributed by atoms with Crippen molar-refractivity contribution in [3.05, 3.63) is 11.6 Å². The Bertz CT molecular complexity index is 694. The minimum absolute atomic E-state index is 0.0704. The van der Waals surface area contributed by atoms with E-state index in [-0.39, 0.29) is 16.6 Å². The minimum Gasteiger partial charge on any atom is -0.386 e. The molecule has 26 heavy (non-hydrogen) atoms. The average Bonchev–Trinajstić information content (AvgIpc) is 3.05. The molecule has 4 fully saturated rings. The Kier molecular flexibility index (Phi) is 3.50. The molecule has 0 aromatic carbocycles. The summed E-state index contributed by atoms with van der Waals surface area (Å²) in [5, 5.41) is 10.1. The Morgan fingerprint density at radius 3 is 2.54 bits per heavy atom. The van der Waals surface area contributed by atoms with Gasteiger partial charge in [-0.1, -0.05) is 12.5 Å². The molecule has 0 unspecified atom stereocenters. The van der Waals surface area contributed by atoms with Crippen molar-refractivity contribution in [3.8, 4) is 0 Å². The fourth-order valence-electron chi connectivity index (χ4n) is 8.87. The molecule has 0 spiro atoms. The van der Waals surface area contributed by atoms with Gasteiger partial charge in [-0.3, -0.25) is 9.59 Å². The van der Waals surface area contributed by atoms with Gasteiger partial charge in [-0.15, -0.1) is 0 Å². The second kappa shape index (κ2) is 5.31. The predicted octanol–water partition coefficient (Wildman–Crippen LogP) is 4.23. The molecule has 3 nitrogen and oxygen atoms in total. The van der Waals surface area contributed by atoms with Crippen molar-refractivity contribution in [2.45, 2.75) is 84.2 Å². The molecular formula is C23H32O3. The molecule has 4 saturated carbocycles. The van der Waals surface area contributed by atoms with Gasteiger partial charge in [0.1, 0.15) is 6.10 Å². The number of rotatable bonds is 2. The van der Waals surface area contributed by atoms with Crippen LogP contribution >= 0.6 is 0 Å². The minimum atomic E-state index is -0.830. The van der Waals surface area contributed by atoms with Crippen LogP contribution in [0.15, 0.2) is 11.6 Å². The maximum atomic E-state index is 13.1. The average molecular weight is 357 g/mol. The van der Waals surface area contributed by atoms with Gasteiger partial charge in [-0.2, -0.15) is 0 Å². The van der Waals surface area contributed by atoms with Crippen LogP contribution < -0.4 is 0 Å². The third kappa shape index (κ3) is 1.79. The zero-order valence-corrected chi connectivity index (χ0v) is 16.2. The molecule has 3 heteroatoms. The zero-order valence-electron chi connectivity index (χ0n) is 16.2. The van der Waals surface area contributed by atoms with Crippen LogP contribution in [0.1, 0.15) is 78.1 Å². The summed E-state index contributed by atoms with van der Waals surface area (Å²) < 4.78 is 0. The molecule has 0 aliphatic heterocycles. The first-order valence-corrected chi connectivity index (χ1v) is 10.8. The van der Waals surface area contributed by atoms with Crippen LogP contribution in [0, 0.1) is 34.0 Å². The summed E-state index contributed by atoms with van der Waals surface area (Å²) in [4.78, 5) is 25.0.